The molecule has 0 aromatic carbocycles. The standard InChI is InChI=1S/C13H22N4S/c1-9-10(14)6-7-11(9)18-13-16-15-12-5-3-2-4-8-17(12)13/h9-11H,2-8,14H2,1H3. The van der Waals surface area contributed by atoms with Gasteiger partial charge in [0.25, 0.3) is 0 Å². The van der Waals surface area contributed by atoms with E-state index < -0.39 is 0 Å². The second-order valence-corrected chi connectivity index (χ2v) is 6.82. The Bertz CT molecular complexity index is 417. The van der Waals surface area contributed by atoms with Gasteiger partial charge >= 0.3 is 0 Å². The zero-order valence-electron chi connectivity index (χ0n) is 11.0. The van der Waals surface area contributed by atoms with Crippen molar-refractivity contribution in [1.29, 1.82) is 0 Å². The predicted octanol–water partition coefficient (Wildman–Crippen LogP) is 2.22. The molecule has 2 N–H and O–H groups in total. The van der Waals surface area contributed by atoms with E-state index in [1.54, 1.807) is 0 Å². The first-order valence-corrected chi connectivity index (χ1v) is 7.98. The zero-order valence-corrected chi connectivity index (χ0v) is 11.8. The molecule has 1 saturated carbocycles. The average molecular weight is 266 g/mol. The molecule has 100 valence electrons. The molecule has 3 atom stereocenters. The summed E-state index contributed by atoms with van der Waals surface area (Å²) < 4.78 is 2.34. The minimum atomic E-state index is 0.369. The van der Waals surface area contributed by atoms with Gasteiger partial charge in [-0.1, -0.05) is 25.1 Å². The highest BCUT2D eigenvalue weighted by Crippen LogP contribution is 2.38. The molecule has 1 aliphatic carbocycles. The highest BCUT2D eigenvalue weighted by molar-refractivity contribution is 7.99. The molecule has 1 aliphatic heterocycles. The van der Waals surface area contributed by atoms with Crippen molar-refractivity contribution in [3.8, 4) is 0 Å². The average Bonchev–Trinajstić information content (AvgIpc) is 2.79. The molecule has 18 heavy (non-hydrogen) atoms. The van der Waals surface area contributed by atoms with Gasteiger partial charge in [0.05, 0.1) is 0 Å². The minimum absolute atomic E-state index is 0.369. The summed E-state index contributed by atoms with van der Waals surface area (Å²) in [5.41, 5.74) is 6.10. The van der Waals surface area contributed by atoms with Gasteiger partial charge in [-0.2, -0.15) is 0 Å². The van der Waals surface area contributed by atoms with Crippen LogP contribution in [0.4, 0.5) is 0 Å². The van der Waals surface area contributed by atoms with Crippen molar-refractivity contribution in [3.63, 3.8) is 0 Å². The van der Waals surface area contributed by atoms with E-state index in [0.717, 1.165) is 24.5 Å². The van der Waals surface area contributed by atoms with E-state index in [2.05, 4.69) is 21.7 Å². The van der Waals surface area contributed by atoms with Crippen LogP contribution in [0.3, 0.4) is 0 Å². The van der Waals surface area contributed by atoms with Crippen LogP contribution in [-0.2, 0) is 13.0 Å². The van der Waals surface area contributed by atoms with E-state index in [1.165, 1.54) is 31.5 Å². The van der Waals surface area contributed by atoms with E-state index in [1.807, 2.05) is 11.8 Å². The molecule has 1 aromatic rings. The number of aromatic nitrogens is 3. The third-order valence-electron chi connectivity index (χ3n) is 4.38. The summed E-state index contributed by atoms with van der Waals surface area (Å²) in [5.74, 6) is 1.78. The van der Waals surface area contributed by atoms with Gasteiger partial charge in [-0.3, -0.25) is 0 Å². The van der Waals surface area contributed by atoms with Crippen molar-refractivity contribution in [2.75, 3.05) is 0 Å². The highest BCUT2D eigenvalue weighted by Gasteiger charge is 2.32. The number of hydrogen-bond donors (Lipinski definition) is 1. The Morgan fingerprint density at radius 3 is 2.89 bits per heavy atom. The van der Waals surface area contributed by atoms with Crippen LogP contribution in [0.2, 0.25) is 0 Å². The Hall–Kier alpha value is -0.550. The molecule has 0 saturated heterocycles. The molecule has 1 aromatic heterocycles. The first-order valence-electron chi connectivity index (χ1n) is 7.10. The molecule has 1 fully saturated rings. The molecule has 2 heterocycles. The molecule has 0 spiro atoms. The lowest BCUT2D eigenvalue weighted by Gasteiger charge is -2.17. The lowest BCUT2D eigenvalue weighted by Crippen LogP contribution is -2.26. The first-order chi connectivity index (χ1) is 8.75. The molecular formula is C13H22N4S. The minimum Gasteiger partial charge on any atom is -0.327 e. The van der Waals surface area contributed by atoms with Crippen molar-refractivity contribution < 1.29 is 0 Å². The van der Waals surface area contributed by atoms with Crippen LogP contribution in [0, 0.1) is 5.92 Å². The van der Waals surface area contributed by atoms with Crippen molar-refractivity contribution in [2.45, 2.75) is 68.4 Å². The van der Waals surface area contributed by atoms with Crippen LogP contribution < -0.4 is 5.73 Å². The number of nitrogens with zero attached hydrogens (tertiary/aromatic N) is 3. The first kappa shape index (κ1) is 12.5. The Kier molecular flexibility index (Phi) is 3.61. The van der Waals surface area contributed by atoms with E-state index in [9.17, 15) is 0 Å². The van der Waals surface area contributed by atoms with Crippen LogP contribution in [0.1, 0.15) is 44.9 Å². The molecule has 3 unspecified atom stereocenters. The molecular weight excluding hydrogens is 244 g/mol. The summed E-state index contributed by atoms with van der Waals surface area (Å²) in [6, 6.07) is 0.369. The third kappa shape index (κ3) is 2.30. The van der Waals surface area contributed by atoms with Crippen molar-refractivity contribution in [3.05, 3.63) is 5.82 Å². The number of aryl methyl sites for hydroxylation is 1. The van der Waals surface area contributed by atoms with Gasteiger partial charge in [0, 0.05) is 24.3 Å². The molecule has 5 heteroatoms. The summed E-state index contributed by atoms with van der Waals surface area (Å²) in [7, 11) is 0. The number of hydrogen-bond acceptors (Lipinski definition) is 4. The van der Waals surface area contributed by atoms with Crippen LogP contribution in [0.5, 0.6) is 0 Å². The Labute approximate surface area is 113 Å². The van der Waals surface area contributed by atoms with Crippen LogP contribution >= 0.6 is 11.8 Å². The number of thioether (sulfide) groups is 1. The second kappa shape index (κ2) is 5.21. The zero-order chi connectivity index (χ0) is 12.5. The maximum atomic E-state index is 6.10. The summed E-state index contributed by atoms with van der Waals surface area (Å²) in [5, 5.41) is 10.5. The number of fused-ring (bicyclic) bond motifs is 1. The quantitative estimate of drug-likeness (QED) is 0.892. The van der Waals surface area contributed by atoms with E-state index >= 15 is 0 Å². The lowest BCUT2D eigenvalue weighted by atomic mass is 10.1. The molecule has 0 bridgehead atoms. The summed E-state index contributed by atoms with van der Waals surface area (Å²) >= 11 is 1.90. The number of nitrogens with two attached hydrogens (primary N) is 1. The molecule has 2 aliphatic rings. The van der Waals surface area contributed by atoms with E-state index in [-0.39, 0.29) is 0 Å². The molecule has 4 nitrogen and oxygen atoms in total. The van der Waals surface area contributed by atoms with Crippen LogP contribution in [0.15, 0.2) is 5.16 Å². The predicted molar refractivity (Wildman–Crippen MR) is 73.6 cm³/mol. The summed E-state index contributed by atoms with van der Waals surface area (Å²) in [6.45, 7) is 3.37. The van der Waals surface area contributed by atoms with Crippen LogP contribution in [-0.4, -0.2) is 26.1 Å². The smallest absolute Gasteiger partial charge is 0.191 e. The Balaban J connectivity index is 1.75. The van der Waals surface area contributed by atoms with Gasteiger partial charge in [0.2, 0.25) is 0 Å². The van der Waals surface area contributed by atoms with Crippen molar-refractivity contribution >= 4 is 11.8 Å². The highest BCUT2D eigenvalue weighted by atomic mass is 32.2. The normalized spacial score (nSPS) is 32.2. The number of rotatable bonds is 2. The van der Waals surface area contributed by atoms with E-state index in [4.69, 9.17) is 5.73 Å². The molecule has 0 radical (unpaired) electrons. The largest absolute Gasteiger partial charge is 0.327 e. The fraction of sp³-hybridized carbons (Fsp3) is 0.846. The van der Waals surface area contributed by atoms with Gasteiger partial charge in [0.15, 0.2) is 5.16 Å². The lowest BCUT2D eigenvalue weighted by molar-refractivity contribution is 0.532. The van der Waals surface area contributed by atoms with Gasteiger partial charge in [-0.15, -0.1) is 10.2 Å². The molecule has 0 amide bonds. The Morgan fingerprint density at radius 1 is 1.22 bits per heavy atom. The van der Waals surface area contributed by atoms with Gasteiger partial charge < -0.3 is 10.3 Å². The Morgan fingerprint density at radius 2 is 2.11 bits per heavy atom. The fourth-order valence-corrected chi connectivity index (χ4v) is 4.36. The maximum absolute atomic E-state index is 6.10. The van der Waals surface area contributed by atoms with Gasteiger partial charge in [-0.05, 0) is 31.6 Å². The van der Waals surface area contributed by atoms with Gasteiger partial charge in [0.1, 0.15) is 5.82 Å². The third-order valence-corrected chi connectivity index (χ3v) is 5.86. The van der Waals surface area contributed by atoms with Crippen LogP contribution in [0.25, 0.3) is 0 Å². The second-order valence-electron chi connectivity index (χ2n) is 5.62. The maximum Gasteiger partial charge on any atom is 0.191 e. The monoisotopic (exact) mass is 266 g/mol. The van der Waals surface area contributed by atoms with Gasteiger partial charge in [-0.25, -0.2) is 0 Å². The van der Waals surface area contributed by atoms with Crippen molar-refractivity contribution in [2.24, 2.45) is 11.7 Å². The molecule has 3 rings (SSSR count). The van der Waals surface area contributed by atoms with E-state index in [0.29, 0.717) is 17.2 Å². The topological polar surface area (TPSA) is 56.7 Å². The summed E-state index contributed by atoms with van der Waals surface area (Å²) in [4.78, 5) is 0. The SMILES string of the molecule is CC1C(N)CCC1Sc1nnc2n1CCCCC2. The summed E-state index contributed by atoms with van der Waals surface area (Å²) in [6.07, 6.45) is 7.30. The van der Waals surface area contributed by atoms with Crippen molar-refractivity contribution in [1.82, 2.24) is 14.8 Å². The fourth-order valence-electron chi connectivity index (χ4n) is 3.01.